The molecule has 2 aliphatic rings. The van der Waals surface area contributed by atoms with Crippen LogP contribution in [-0.2, 0) is 20.2 Å². The fraction of sp³-hybridized carbons (Fsp3) is 0.300. The Hall–Kier alpha value is -2.07. The fourth-order valence-electron chi connectivity index (χ4n) is 3.90. The first-order valence-electron chi connectivity index (χ1n) is 9.61. The van der Waals surface area contributed by atoms with E-state index in [4.69, 9.17) is 13.7 Å². The minimum absolute atomic E-state index is 0. The van der Waals surface area contributed by atoms with Crippen molar-refractivity contribution in [1.82, 2.24) is 15.2 Å². The summed E-state index contributed by atoms with van der Waals surface area (Å²) in [6.07, 6.45) is 1.12. The van der Waals surface area contributed by atoms with Crippen LogP contribution in [0.25, 0.3) is 22.7 Å². The van der Waals surface area contributed by atoms with Crippen molar-refractivity contribution in [3.05, 3.63) is 48.0 Å². The Balaban J connectivity index is 0.00000245. The van der Waals surface area contributed by atoms with Gasteiger partial charge in [0.15, 0.2) is 0 Å². The molecule has 160 valence electrons. The Morgan fingerprint density at radius 3 is 2.69 bits per heavy atom. The molecular weight excluding hydrogens is 446 g/mol. The molecule has 2 aliphatic heterocycles. The molecule has 0 aliphatic carbocycles. The average Bonchev–Trinajstić information content (AvgIpc) is 3.41. The number of anilines is 1. The zero-order chi connectivity index (χ0) is 21.8. The van der Waals surface area contributed by atoms with Gasteiger partial charge in [-0.25, -0.2) is 4.79 Å². The molecule has 5 rings (SSSR count). The van der Waals surface area contributed by atoms with Crippen molar-refractivity contribution >= 4 is 19.4 Å². The summed E-state index contributed by atoms with van der Waals surface area (Å²) in [6, 6.07) is 9.20. The van der Waals surface area contributed by atoms with Crippen LogP contribution in [0, 0.1) is 6.92 Å². The zero-order valence-electron chi connectivity index (χ0n) is 17.7. The van der Waals surface area contributed by atoms with Crippen LogP contribution < -0.4 is 39.4 Å². The Bertz CT molecular complexity index is 1210. The third kappa shape index (κ3) is 4.39. The van der Waals surface area contributed by atoms with E-state index in [0.29, 0.717) is 23.9 Å². The van der Waals surface area contributed by atoms with E-state index in [1.165, 1.54) is 0 Å². The van der Waals surface area contributed by atoms with Crippen LogP contribution in [-0.4, -0.2) is 46.7 Å². The number of benzene rings is 1. The first-order chi connectivity index (χ1) is 14.8. The van der Waals surface area contributed by atoms with Gasteiger partial charge in [-0.3, -0.25) is 9.88 Å². The van der Waals surface area contributed by atoms with E-state index in [1.807, 2.05) is 30.3 Å². The number of rotatable bonds is 5. The number of nitrogens with zero attached hydrogens (tertiary/aromatic N) is 4. The molecule has 2 aromatic heterocycles. The Morgan fingerprint density at radius 2 is 2.03 bits per heavy atom. The second-order valence-corrected chi connectivity index (χ2v) is 9.33. The van der Waals surface area contributed by atoms with Crippen LogP contribution >= 0.6 is 7.60 Å². The van der Waals surface area contributed by atoms with Crippen LogP contribution in [0.1, 0.15) is 11.5 Å². The quantitative estimate of drug-likeness (QED) is 0.364. The van der Waals surface area contributed by atoms with Crippen molar-refractivity contribution in [1.29, 1.82) is 0 Å². The SMILES string of the molecule is Cc1nnc(-c2ccc(-c3ccc4c(c3)C[C@H]3[C@H](COP(C)(=O)[O-])OC(=O)N43)cn2)o1.[Na+]. The van der Waals surface area contributed by atoms with Gasteiger partial charge in [0.25, 0.3) is 5.89 Å². The van der Waals surface area contributed by atoms with Crippen LogP contribution in [0.15, 0.2) is 40.9 Å². The molecule has 3 atom stereocenters. The summed E-state index contributed by atoms with van der Waals surface area (Å²) in [5, 5.41) is 7.78. The maximum atomic E-state index is 12.4. The van der Waals surface area contributed by atoms with E-state index in [2.05, 4.69) is 15.2 Å². The number of hydrogen-bond acceptors (Lipinski definition) is 9. The zero-order valence-corrected chi connectivity index (χ0v) is 20.6. The van der Waals surface area contributed by atoms with Crippen molar-refractivity contribution in [2.75, 3.05) is 18.2 Å². The molecular formula is C20H18N4NaO6P. The van der Waals surface area contributed by atoms with Gasteiger partial charge in [-0.2, -0.15) is 0 Å². The number of aryl methyl sites for hydroxylation is 1. The van der Waals surface area contributed by atoms with Gasteiger partial charge in [0.1, 0.15) is 19.4 Å². The second-order valence-electron chi connectivity index (χ2n) is 7.53. The average molecular weight is 464 g/mol. The molecule has 4 heterocycles. The summed E-state index contributed by atoms with van der Waals surface area (Å²) >= 11 is 0. The van der Waals surface area contributed by atoms with E-state index >= 15 is 0 Å². The molecule has 0 saturated carbocycles. The molecule has 0 bridgehead atoms. The molecule has 1 aromatic carbocycles. The van der Waals surface area contributed by atoms with Gasteiger partial charge in [0.2, 0.25) is 5.89 Å². The molecule has 0 spiro atoms. The summed E-state index contributed by atoms with van der Waals surface area (Å²) < 4.78 is 26.9. The summed E-state index contributed by atoms with van der Waals surface area (Å²) in [7, 11) is -3.90. The second kappa shape index (κ2) is 8.70. The summed E-state index contributed by atoms with van der Waals surface area (Å²) in [5.74, 6) is 0.833. The summed E-state index contributed by atoms with van der Waals surface area (Å²) in [6.45, 7) is 2.52. The number of aromatic nitrogens is 3. The number of ether oxygens (including phenoxy) is 1. The van der Waals surface area contributed by atoms with Crippen molar-refractivity contribution in [2.45, 2.75) is 25.5 Å². The van der Waals surface area contributed by atoms with Gasteiger partial charge in [0.05, 0.1) is 18.3 Å². The third-order valence-corrected chi connectivity index (χ3v) is 5.91. The third-order valence-electron chi connectivity index (χ3n) is 5.29. The predicted molar refractivity (Wildman–Crippen MR) is 107 cm³/mol. The largest absolute Gasteiger partial charge is 1.00 e. The van der Waals surface area contributed by atoms with Crippen molar-refractivity contribution in [2.24, 2.45) is 0 Å². The number of pyridine rings is 1. The standard InChI is InChI=1S/C20H19N4O6P.Na/c1-11-22-23-19(29-11)15-5-3-13(9-21-15)12-4-6-16-14(7-12)8-17-18(10-28-31(2,26)27)30-20(25)24(16)17;/h3-7,9,17-18H,8,10H2,1-2H3,(H,26,27);/q;+1/p-1/t17-,18-;/m0./s1. The Morgan fingerprint density at radius 1 is 1.25 bits per heavy atom. The van der Waals surface area contributed by atoms with Gasteiger partial charge in [-0.1, -0.05) is 12.1 Å². The van der Waals surface area contributed by atoms with Crippen molar-refractivity contribution in [3.63, 3.8) is 0 Å². The van der Waals surface area contributed by atoms with Gasteiger partial charge >= 0.3 is 35.7 Å². The Labute approximate surface area is 205 Å². The van der Waals surface area contributed by atoms with Crippen LogP contribution in [0.5, 0.6) is 0 Å². The fourth-order valence-corrected chi connectivity index (χ4v) is 4.32. The number of fused-ring (bicyclic) bond motifs is 3. The topological polar surface area (TPSA) is 131 Å². The molecule has 0 N–H and O–H groups in total. The molecule has 1 saturated heterocycles. The molecule has 1 fully saturated rings. The summed E-state index contributed by atoms with van der Waals surface area (Å²) in [4.78, 5) is 29.7. The maximum absolute atomic E-state index is 12.4. The van der Waals surface area contributed by atoms with Gasteiger partial charge in [0, 0.05) is 25.3 Å². The molecule has 3 aromatic rings. The molecule has 10 nitrogen and oxygen atoms in total. The van der Waals surface area contributed by atoms with Gasteiger partial charge < -0.3 is 23.1 Å². The number of amides is 1. The van der Waals surface area contributed by atoms with E-state index in [9.17, 15) is 14.3 Å². The number of carbonyl (C=O) groups is 1. The molecule has 0 radical (unpaired) electrons. The monoisotopic (exact) mass is 464 g/mol. The number of cyclic esters (lactones) is 1. The van der Waals surface area contributed by atoms with Crippen LogP contribution in [0.3, 0.4) is 0 Å². The predicted octanol–water partition coefficient (Wildman–Crippen LogP) is -0.439. The normalized spacial score (nSPS) is 20.8. The minimum atomic E-state index is -3.90. The van der Waals surface area contributed by atoms with Gasteiger partial charge in [-0.15, -0.1) is 10.2 Å². The van der Waals surface area contributed by atoms with E-state index in [1.54, 1.807) is 18.0 Å². The molecule has 1 amide bonds. The van der Waals surface area contributed by atoms with Crippen molar-refractivity contribution in [3.8, 4) is 22.7 Å². The van der Waals surface area contributed by atoms with E-state index in [-0.39, 0.29) is 42.2 Å². The Kier molecular flexibility index (Phi) is 6.28. The maximum Gasteiger partial charge on any atom is 1.00 e. The van der Waals surface area contributed by atoms with E-state index < -0.39 is 19.8 Å². The van der Waals surface area contributed by atoms with Crippen molar-refractivity contribution < 1.29 is 57.5 Å². The van der Waals surface area contributed by atoms with Gasteiger partial charge in [-0.05, 0) is 35.7 Å². The first kappa shape index (κ1) is 23.1. The van der Waals surface area contributed by atoms with Crippen LogP contribution in [0.4, 0.5) is 10.5 Å². The van der Waals surface area contributed by atoms with E-state index in [0.717, 1.165) is 29.0 Å². The molecule has 1 unspecified atom stereocenters. The first-order valence-corrected chi connectivity index (χ1v) is 11.6. The summed E-state index contributed by atoms with van der Waals surface area (Å²) in [5.41, 5.74) is 4.16. The smallest absolute Gasteiger partial charge is 0.779 e. The molecule has 12 heteroatoms. The number of carbonyl (C=O) groups excluding carboxylic acids is 1. The number of hydrogen-bond donors (Lipinski definition) is 0. The minimum Gasteiger partial charge on any atom is -0.779 e. The van der Waals surface area contributed by atoms with Crippen LogP contribution in [0.2, 0.25) is 0 Å². The molecule has 32 heavy (non-hydrogen) atoms.